The van der Waals surface area contributed by atoms with Gasteiger partial charge in [0.1, 0.15) is 0 Å². The molecule has 156 valence electrons. The number of rotatable bonds is 0. The molecule has 3 aromatic rings. The molecule has 0 heterocycles. The zero-order valence-electron chi connectivity index (χ0n) is 18.8. The van der Waals surface area contributed by atoms with Crippen molar-refractivity contribution in [3.8, 4) is 0 Å². The van der Waals surface area contributed by atoms with Crippen LogP contribution >= 0.6 is 0 Å². The molecule has 0 aliphatic heterocycles. The van der Waals surface area contributed by atoms with E-state index in [9.17, 15) is 0 Å². The summed E-state index contributed by atoms with van der Waals surface area (Å²) in [6, 6.07) is 29.0. The van der Waals surface area contributed by atoms with Crippen molar-refractivity contribution in [1.29, 1.82) is 0 Å². The van der Waals surface area contributed by atoms with Crippen molar-refractivity contribution in [3.63, 3.8) is 0 Å². The second-order valence-corrected chi connectivity index (χ2v) is 6.17. The molecule has 0 unspecified atom stereocenters. The van der Waals surface area contributed by atoms with Gasteiger partial charge in [0.2, 0.25) is 0 Å². The van der Waals surface area contributed by atoms with Crippen molar-refractivity contribution < 1.29 is 0 Å². The largest absolute Gasteiger partial charge is 0.0776 e. The normalized spacial score (nSPS) is 7.86. The van der Waals surface area contributed by atoms with Crippen LogP contribution in [-0.4, -0.2) is 0 Å². The molecule has 0 fully saturated rings. The standard InChI is InChI=1S/C8H10.2C7H8.C3H8.C2H6.CH4/c1-7-3-5-8(2)6-4-7;2*1-7-5-3-2-4-6-7;1-3-2;1-2;/h3-6H,1-2H3;2*2-6H,1H3;3H2,1-2H3;1-2H3;1H4. The summed E-state index contributed by atoms with van der Waals surface area (Å²) in [6.07, 6.45) is 1.25. The van der Waals surface area contributed by atoms with Crippen LogP contribution in [0.4, 0.5) is 0 Å². The summed E-state index contributed by atoms with van der Waals surface area (Å²) in [5.74, 6) is 0. The maximum atomic E-state index is 2.12. The van der Waals surface area contributed by atoms with E-state index in [0.717, 1.165) is 0 Å². The van der Waals surface area contributed by atoms with E-state index in [4.69, 9.17) is 0 Å². The number of aryl methyl sites for hydroxylation is 4. The molecule has 0 N–H and O–H groups in total. The molecule has 0 radical (unpaired) electrons. The third kappa shape index (κ3) is 21.7. The fourth-order valence-electron chi connectivity index (χ4n) is 1.71. The Bertz CT molecular complexity index is 563. The second-order valence-electron chi connectivity index (χ2n) is 6.17. The van der Waals surface area contributed by atoms with E-state index in [1.165, 1.54) is 28.7 Å². The van der Waals surface area contributed by atoms with Crippen LogP contribution in [0.1, 0.15) is 63.8 Å². The molecule has 0 nitrogen and oxygen atoms in total. The van der Waals surface area contributed by atoms with Crippen LogP contribution in [0.25, 0.3) is 0 Å². The first kappa shape index (κ1) is 30.4. The van der Waals surface area contributed by atoms with Crippen LogP contribution in [-0.2, 0) is 0 Å². The zero-order chi connectivity index (χ0) is 20.9. The molecule has 0 saturated heterocycles. The lowest BCUT2D eigenvalue weighted by atomic mass is 10.2. The van der Waals surface area contributed by atoms with Gasteiger partial charge in [0.05, 0.1) is 0 Å². The topological polar surface area (TPSA) is 0 Å². The predicted molar refractivity (Wildman–Crippen MR) is 132 cm³/mol. The van der Waals surface area contributed by atoms with Gasteiger partial charge >= 0.3 is 0 Å². The van der Waals surface area contributed by atoms with Crippen molar-refractivity contribution in [3.05, 3.63) is 107 Å². The van der Waals surface area contributed by atoms with Gasteiger partial charge in [-0.05, 0) is 27.7 Å². The Kier molecular flexibility index (Phi) is 24.6. The van der Waals surface area contributed by atoms with E-state index in [0.29, 0.717) is 0 Å². The molecule has 0 bridgehead atoms. The van der Waals surface area contributed by atoms with Gasteiger partial charge in [0.15, 0.2) is 0 Å². The van der Waals surface area contributed by atoms with Crippen LogP contribution in [0, 0.1) is 27.7 Å². The lowest BCUT2D eigenvalue weighted by Crippen LogP contribution is -1.70. The van der Waals surface area contributed by atoms with Crippen LogP contribution < -0.4 is 0 Å². The van der Waals surface area contributed by atoms with E-state index in [-0.39, 0.29) is 7.43 Å². The molecule has 0 aliphatic rings. The van der Waals surface area contributed by atoms with Crippen molar-refractivity contribution >= 4 is 0 Å². The van der Waals surface area contributed by atoms with Crippen LogP contribution in [0.5, 0.6) is 0 Å². The first-order chi connectivity index (χ1) is 13.0. The summed E-state index contributed by atoms with van der Waals surface area (Å²) >= 11 is 0. The number of hydrogen-bond acceptors (Lipinski definition) is 0. The Morgan fingerprint density at radius 3 is 0.750 bits per heavy atom. The maximum absolute atomic E-state index is 2.12. The predicted octanol–water partition coefficient (Wildman–Crippen LogP) is 9.37. The SMILES string of the molecule is C.CC.CCC.Cc1ccc(C)cc1.Cc1ccccc1.Cc1ccccc1. The Balaban J connectivity index is -0.000000296. The average molecular weight is 381 g/mol. The summed E-state index contributed by atoms with van der Waals surface area (Å²) in [7, 11) is 0. The first-order valence-corrected chi connectivity index (χ1v) is 10.1. The smallest absolute Gasteiger partial charge is 0.0398 e. The van der Waals surface area contributed by atoms with Gasteiger partial charge < -0.3 is 0 Å². The van der Waals surface area contributed by atoms with Crippen molar-refractivity contribution in [2.24, 2.45) is 0 Å². The molecule has 3 aromatic carbocycles. The van der Waals surface area contributed by atoms with Gasteiger partial charge in [-0.1, -0.05) is 149 Å². The maximum Gasteiger partial charge on any atom is -0.0398 e. The lowest BCUT2D eigenvalue weighted by Gasteiger charge is -1.90. The molecular weight excluding hydrogens is 336 g/mol. The molecular formula is C28H44. The Morgan fingerprint density at radius 1 is 0.429 bits per heavy atom. The first-order valence-electron chi connectivity index (χ1n) is 10.1. The summed E-state index contributed by atoms with van der Waals surface area (Å²) in [5.41, 5.74) is 5.30. The molecule has 0 saturated carbocycles. The minimum atomic E-state index is 0. The van der Waals surface area contributed by atoms with Gasteiger partial charge in [-0.3, -0.25) is 0 Å². The molecule has 0 amide bonds. The van der Waals surface area contributed by atoms with Crippen molar-refractivity contribution in [2.75, 3.05) is 0 Å². The molecule has 0 aliphatic carbocycles. The molecule has 28 heavy (non-hydrogen) atoms. The molecule has 0 atom stereocenters. The third-order valence-electron chi connectivity index (χ3n) is 3.10. The highest BCUT2D eigenvalue weighted by Crippen LogP contribution is 1.99. The minimum Gasteiger partial charge on any atom is -0.0776 e. The summed E-state index contributed by atoms with van der Waals surface area (Å²) in [6.45, 7) is 16.6. The van der Waals surface area contributed by atoms with Gasteiger partial charge in [0.25, 0.3) is 0 Å². The lowest BCUT2D eigenvalue weighted by molar-refractivity contribution is 1.09. The Labute approximate surface area is 176 Å². The highest BCUT2D eigenvalue weighted by Gasteiger charge is 1.79. The van der Waals surface area contributed by atoms with Crippen molar-refractivity contribution in [2.45, 2.75) is 69.2 Å². The summed E-state index contributed by atoms with van der Waals surface area (Å²) in [4.78, 5) is 0. The highest BCUT2D eigenvalue weighted by atomic mass is 13.9. The molecule has 0 aromatic heterocycles. The van der Waals surface area contributed by atoms with E-state index in [1.807, 2.05) is 50.2 Å². The van der Waals surface area contributed by atoms with Gasteiger partial charge in [-0.2, -0.15) is 0 Å². The average Bonchev–Trinajstić information content (AvgIpc) is 2.69. The van der Waals surface area contributed by atoms with E-state index < -0.39 is 0 Å². The van der Waals surface area contributed by atoms with Gasteiger partial charge in [-0.15, -0.1) is 0 Å². The Morgan fingerprint density at radius 2 is 0.607 bits per heavy atom. The second kappa shape index (κ2) is 22.7. The van der Waals surface area contributed by atoms with Crippen LogP contribution in [0.3, 0.4) is 0 Å². The van der Waals surface area contributed by atoms with Gasteiger partial charge in [-0.25, -0.2) is 0 Å². The minimum absolute atomic E-state index is 0. The third-order valence-corrected chi connectivity index (χ3v) is 3.10. The Hall–Kier alpha value is -2.34. The fourth-order valence-corrected chi connectivity index (χ4v) is 1.71. The monoisotopic (exact) mass is 380 g/mol. The van der Waals surface area contributed by atoms with Gasteiger partial charge in [0, 0.05) is 0 Å². The summed E-state index contributed by atoms with van der Waals surface area (Å²) < 4.78 is 0. The van der Waals surface area contributed by atoms with E-state index in [2.05, 4.69) is 90.1 Å². The van der Waals surface area contributed by atoms with Crippen LogP contribution in [0.15, 0.2) is 84.9 Å². The fraction of sp³-hybridized carbons (Fsp3) is 0.357. The zero-order valence-corrected chi connectivity index (χ0v) is 18.8. The highest BCUT2D eigenvalue weighted by molar-refractivity contribution is 5.19. The molecule has 0 heteroatoms. The van der Waals surface area contributed by atoms with E-state index >= 15 is 0 Å². The molecule has 3 rings (SSSR count). The number of benzene rings is 3. The van der Waals surface area contributed by atoms with Crippen LogP contribution in [0.2, 0.25) is 0 Å². The summed E-state index contributed by atoms with van der Waals surface area (Å²) in [5, 5.41) is 0. The van der Waals surface area contributed by atoms with E-state index in [1.54, 1.807) is 0 Å². The molecule has 0 spiro atoms. The number of hydrogen-bond donors (Lipinski definition) is 0. The quantitative estimate of drug-likeness (QED) is 0.364. The van der Waals surface area contributed by atoms with Crippen molar-refractivity contribution in [1.82, 2.24) is 0 Å².